The van der Waals surface area contributed by atoms with Gasteiger partial charge < -0.3 is 9.88 Å². The van der Waals surface area contributed by atoms with Crippen molar-refractivity contribution in [3.05, 3.63) is 51.7 Å². The van der Waals surface area contributed by atoms with Gasteiger partial charge in [0.2, 0.25) is 5.56 Å². The third kappa shape index (κ3) is 4.30. The zero-order chi connectivity index (χ0) is 18.8. The van der Waals surface area contributed by atoms with Gasteiger partial charge in [-0.25, -0.2) is 0 Å². The summed E-state index contributed by atoms with van der Waals surface area (Å²) in [5.74, 6) is 0.401. The molecule has 1 saturated carbocycles. The van der Waals surface area contributed by atoms with Gasteiger partial charge in [-0.15, -0.1) is 0 Å². The summed E-state index contributed by atoms with van der Waals surface area (Å²) in [6.07, 6.45) is 7.14. The Hall–Kier alpha value is -2.41. The molecule has 0 atom stereocenters. The Balaban J connectivity index is 1.40. The molecule has 1 saturated heterocycles. The van der Waals surface area contributed by atoms with E-state index in [2.05, 4.69) is 28.1 Å². The van der Waals surface area contributed by atoms with Crippen molar-refractivity contribution in [2.24, 2.45) is 0 Å². The van der Waals surface area contributed by atoms with Gasteiger partial charge in [-0.3, -0.25) is 19.2 Å². The van der Waals surface area contributed by atoms with Crippen LogP contribution in [0, 0.1) is 0 Å². The second-order valence-corrected chi connectivity index (χ2v) is 7.59. The van der Waals surface area contributed by atoms with Crippen LogP contribution in [0.15, 0.2) is 29.3 Å². The Kier molecular flexibility index (Phi) is 5.11. The summed E-state index contributed by atoms with van der Waals surface area (Å²) < 4.78 is 1.94. The fourth-order valence-electron chi connectivity index (χ4n) is 3.74. The summed E-state index contributed by atoms with van der Waals surface area (Å²) in [6.45, 7) is 7.03. The van der Waals surface area contributed by atoms with E-state index in [1.807, 2.05) is 21.8 Å². The van der Waals surface area contributed by atoms with Crippen LogP contribution in [-0.4, -0.2) is 56.7 Å². The normalized spacial score (nSPS) is 18.5. The quantitative estimate of drug-likeness (QED) is 0.872. The predicted molar refractivity (Wildman–Crippen MR) is 103 cm³/mol. The van der Waals surface area contributed by atoms with Crippen molar-refractivity contribution >= 4 is 5.91 Å². The molecule has 3 heterocycles. The van der Waals surface area contributed by atoms with E-state index < -0.39 is 0 Å². The van der Waals surface area contributed by atoms with Gasteiger partial charge in [0.15, 0.2) is 0 Å². The highest BCUT2D eigenvalue weighted by atomic mass is 16.2. The highest BCUT2D eigenvalue weighted by molar-refractivity contribution is 5.94. The Morgan fingerprint density at radius 3 is 2.81 bits per heavy atom. The zero-order valence-electron chi connectivity index (χ0n) is 15.9. The minimum Gasteiger partial charge on any atom is -0.337 e. The first-order valence-electron chi connectivity index (χ1n) is 9.89. The topological polar surface area (TPSA) is 74.2 Å². The molecule has 1 N–H and O–H groups in total. The van der Waals surface area contributed by atoms with E-state index in [1.165, 1.54) is 11.6 Å². The number of H-pyrrole nitrogens is 1. The molecule has 0 spiro atoms. The van der Waals surface area contributed by atoms with Crippen molar-refractivity contribution in [1.29, 1.82) is 0 Å². The number of carbonyl (C=O) groups is 1. The molecule has 0 bridgehead atoms. The van der Waals surface area contributed by atoms with Crippen molar-refractivity contribution < 1.29 is 4.79 Å². The van der Waals surface area contributed by atoms with E-state index in [9.17, 15) is 9.59 Å². The molecule has 0 radical (unpaired) electrons. The summed E-state index contributed by atoms with van der Waals surface area (Å²) in [7, 11) is 0. The fraction of sp³-hybridized carbons (Fsp3) is 0.550. The Bertz CT molecular complexity index is 867. The number of pyridine rings is 1. The fourth-order valence-corrected chi connectivity index (χ4v) is 3.74. The van der Waals surface area contributed by atoms with Crippen molar-refractivity contribution in [3.63, 3.8) is 0 Å². The first kappa shape index (κ1) is 18.0. The maximum Gasteiger partial charge on any atom is 0.254 e. The first-order valence-corrected chi connectivity index (χ1v) is 9.89. The van der Waals surface area contributed by atoms with Gasteiger partial charge in [-0.1, -0.05) is 0 Å². The van der Waals surface area contributed by atoms with Crippen molar-refractivity contribution in [2.45, 2.75) is 45.2 Å². The molecule has 27 heavy (non-hydrogen) atoms. The van der Waals surface area contributed by atoms with Gasteiger partial charge in [0, 0.05) is 68.4 Å². The third-order valence-corrected chi connectivity index (χ3v) is 5.42. The van der Waals surface area contributed by atoms with E-state index in [4.69, 9.17) is 0 Å². The molecular formula is C20H27N5O2. The SMILES string of the molecule is CCn1cc(CN2CCCN(C(=O)c3cc(C4CC4)[nH]c(=O)c3)CC2)cn1. The van der Waals surface area contributed by atoms with Crippen LogP contribution in [-0.2, 0) is 13.1 Å². The van der Waals surface area contributed by atoms with E-state index in [-0.39, 0.29) is 11.5 Å². The van der Waals surface area contributed by atoms with E-state index in [0.717, 1.165) is 57.7 Å². The van der Waals surface area contributed by atoms with E-state index in [0.29, 0.717) is 18.0 Å². The average molecular weight is 369 g/mol. The Labute approximate surface area is 159 Å². The Morgan fingerprint density at radius 1 is 1.22 bits per heavy atom. The summed E-state index contributed by atoms with van der Waals surface area (Å²) >= 11 is 0. The summed E-state index contributed by atoms with van der Waals surface area (Å²) in [5, 5.41) is 4.34. The van der Waals surface area contributed by atoms with Crippen LogP contribution in [0.4, 0.5) is 0 Å². The lowest BCUT2D eigenvalue weighted by Crippen LogP contribution is -2.35. The van der Waals surface area contributed by atoms with Crippen molar-refractivity contribution in [1.82, 2.24) is 24.6 Å². The van der Waals surface area contributed by atoms with Crippen molar-refractivity contribution in [3.8, 4) is 0 Å². The standard InChI is InChI=1S/C20H27N5O2/c1-2-25-14-15(12-21-25)13-23-6-3-7-24(9-8-23)20(27)17-10-18(16-4-5-16)22-19(26)11-17/h10-12,14,16H,2-9,13H2,1H3,(H,22,26). The molecule has 7 nitrogen and oxygen atoms in total. The van der Waals surface area contributed by atoms with Crippen LogP contribution >= 0.6 is 0 Å². The van der Waals surface area contributed by atoms with Crippen LogP contribution in [0.5, 0.6) is 0 Å². The highest BCUT2D eigenvalue weighted by Crippen LogP contribution is 2.38. The molecule has 4 rings (SSSR count). The van der Waals surface area contributed by atoms with Gasteiger partial charge in [0.1, 0.15) is 0 Å². The smallest absolute Gasteiger partial charge is 0.254 e. The minimum absolute atomic E-state index is 0.0244. The molecule has 144 valence electrons. The van der Waals surface area contributed by atoms with Crippen LogP contribution in [0.1, 0.15) is 53.7 Å². The monoisotopic (exact) mass is 369 g/mol. The van der Waals surface area contributed by atoms with Crippen molar-refractivity contribution in [2.75, 3.05) is 26.2 Å². The number of hydrogen-bond donors (Lipinski definition) is 1. The highest BCUT2D eigenvalue weighted by Gasteiger charge is 2.27. The first-order chi connectivity index (χ1) is 13.1. The zero-order valence-corrected chi connectivity index (χ0v) is 15.9. The van der Waals surface area contributed by atoms with Gasteiger partial charge in [0.25, 0.3) is 5.91 Å². The number of hydrogen-bond acceptors (Lipinski definition) is 4. The van der Waals surface area contributed by atoms with E-state index in [1.54, 1.807) is 0 Å². The Morgan fingerprint density at radius 2 is 2.07 bits per heavy atom. The number of nitrogens with zero attached hydrogens (tertiary/aromatic N) is 4. The number of nitrogens with one attached hydrogen (secondary N) is 1. The van der Waals surface area contributed by atoms with Gasteiger partial charge in [-0.2, -0.15) is 5.10 Å². The summed E-state index contributed by atoms with van der Waals surface area (Å²) in [4.78, 5) is 32.0. The molecule has 1 amide bonds. The molecule has 1 aliphatic carbocycles. The van der Waals surface area contributed by atoms with Crippen LogP contribution in [0.25, 0.3) is 0 Å². The third-order valence-electron chi connectivity index (χ3n) is 5.42. The largest absolute Gasteiger partial charge is 0.337 e. The van der Waals surface area contributed by atoms with E-state index >= 15 is 0 Å². The number of aromatic nitrogens is 3. The number of rotatable bonds is 5. The maximum atomic E-state index is 12.9. The second kappa shape index (κ2) is 7.68. The lowest BCUT2D eigenvalue weighted by molar-refractivity contribution is 0.0760. The van der Waals surface area contributed by atoms with Gasteiger partial charge in [-0.05, 0) is 38.2 Å². The molecule has 2 fully saturated rings. The minimum atomic E-state index is -0.174. The molecule has 2 aromatic heterocycles. The number of aromatic amines is 1. The molecule has 2 aliphatic rings. The molecule has 0 aromatic carbocycles. The molecule has 7 heteroatoms. The molecule has 2 aromatic rings. The lowest BCUT2D eigenvalue weighted by Gasteiger charge is -2.22. The molecular weight excluding hydrogens is 342 g/mol. The maximum absolute atomic E-state index is 12.9. The molecule has 0 unspecified atom stereocenters. The molecule has 1 aliphatic heterocycles. The summed E-state index contributed by atoms with van der Waals surface area (Å²) in [6, 6.07) is 3.32. The number of aryl methyl sites for hydroxylation is 1. The van der Waals surface area contributed by atoms with Gasteiger partial charge in [0.05, 0.1) is 6.20 Å². The number of amides is 1. The summed E-state index contributed by atoms with van der Waals surface area (Å²) in [5.41, 5.74) is 2.47. The predicted octanol–water partition coefficient (Wildman–Crippen LogP) is 1.82. The lowest BCUT2D eigenvalue weighted by atomic mass is 10.1. The van der Waals surface area contributed by atoms with Gasteiger partial charge >= 0.3 is 0 Å². The van der Waals surface area contributed by atoms with Crippen LogP contribution in [0.2, 0.25) is 0 Å². The van der Waals surface area contributed by atoms with Crippen LogP contribution < -0.4 is 5.56 Å². The second-order valence-electron chi connectivity index (χ2n) is 7.59. The average Bonchev–Trinajstić information content (AvgIpc) is 3.45. The number of carbonyl (C=O) groups excluding carboxylic acids is 1. The van der Waals surface area contributed by atoms with Crippen LogP contribution in [0.3, 0.4) is 0 Å².